The molecule has 2 aromatic carbocycles. The van der Waals surface area contributed by atoms with Crippen molar-refractivity contribution in [1.29, 1.82) is 0 Å². The van der Waals surface area contributed by atoms with Crippen LogP contribution >= 0.6 is 11.3 Å². The quantitative estimate of drug-likeness (QED) is 0.568. The Labute approximate surface area is 173 Å². The molecule has 3 aromatic rings. The maximum absolute atomic E-state index is 12.6. The minimum Gasteiger partial charge on any atom is -0.494 e. The lowest BCUT2D eigenvalue weighted by molar-refractivity contribution is 0.0950. The van der Waals surface area contributed by atoms with E-state index in [0.29, 0.717) is 30.2 Å². The van der Waals surface area contributed by atoms with Gasteiger partial charge in [0.15, 0.2) is 0 Å². The van der Waals surface area contributed by atoms with Crippen LogP contribution in [0, 0.1) is 6.92 Å². The van der Waals surface area contributed by atoms with E-state index in [1.54, 1.807) is 24.3 Å². The van der Waals surface area contributed by atoms with Gasteiger partial charge in [0.1, 0.15) is 10.8 Å². The highest BCUT2D eigenvalue weighted by molar-refractivity contribution is 7.92. The molecule has 29 heavy (non-hydrogen) atoms. The number of amides is 1. The molecule has 152 valence electrons. The Hall–Kier alpha value is -2.91. The zero-order valence-corrected chi connectivity index (χ0v) is 17.6. The van der Waals surface area contributed by atoms with Crippen LogP contribution in [0.15, 0.2) is 58.8 Å². The van der Waals surface area contributed by atoms with E-state index in [4.69, 9.17) is 4.74 Å². The maximum Gasteiger partial charge on any atom is 0.261 e. The van der Waals surface area contributed by atoms with E-state index in [2.05, 4.69) is 15.0 Å². The highest BCUT2D eigenvalue weighted by Crippen LogP contribution is 2.20. The van der Waals surface area contributed by atoms with Crippen molar-refractivity contribution in [2.45, 2.75) is 25.3 Å². The second kappa shape index (κ2) is 9.06. The molecule has 0 unspecified atom stereocenters. The van der Waals surface area contributed by atoms with E-state index >= 15 is 0 Å². The summed E-state index contributed by atoms with van der Waals surface area (Å²) in [6, 6.07) is 12.4. The van der Waals surface area contributed by atoms with E-state index in [1.165, 1.54) is 35.6 Å². The minimum atomic E-state index is -3.76. The number of sulfonamides is 1. The van der Waals surface area contributed by atoms with E-state index in [1.807, 2.05) is 19.2 Å². The summed E-state index contributed by atoms with van der Waals surface area (Å²) >= 11 is 1.48. The SMILES string of the molecule is CCOc1ccc(NS(=O)(=O)c2ccc(C(=O)NCc3nc(C)cs3)cc2)cc1. The number of hydrogen-bond donors (Lipinski definition) is 2. The van der Waals surface area contributed by atoms with Gasteiger partial charge in [-0.15, -0.1) is 11.3 Å². The average Bonchev–Trinajstić information content (AvgIpc) is 3.13. The number of anilines is 1. The average molecular weight is 432 g/mol. The molecule has 1 heterocycles. The molecular formula is C20H21N3O4S2. The van der Waals surface area contributed by atoms with E-state index in [-0.39, 0.29) is 10.8 Å². The first-order valence-electron chi connectivity index (χ1n) is 8.92. The number of nitrogens with one attached hydrogen (secondary N) is 2. The van der Waals surface area contributed by atoms with Crippen LogP contribution in [0.4, 0.5) is 5.69 Å². The maximum atomic E-state index is 12.6. The van der Waals surface area contributed by atoms with Gasteiger partial charge in [-0.25, -0.2) is 13.4 Å². The van der Waals surface area contributed by atoms with Crippen LogP contribution in [0.25, 0.3) is 0 Å². The Balaban J connectivity index is 1.63. The largest absolute Gasteiger partial charge is 0.494 e. The van der Waals surface area contributed by atoms with Gasteiger partial charge in [-0.2, -0.15) is 0 Å². The molecule has 7 nitrogen and oxygen atoms in total. The van der Waals surface area contributed by atoms with E-state index < -0.39 is 10.0 Å². The van der Waals surface area contributed by atoms with Gasteiger partial charge < -0.3 is 10.1 Å². The number of aryl methyl sites for hydroxylation is 1. The second-order valence-electron chi connectivity index (χ2n) is 6.15. The third-order valence-electron chi connectivity index (χ3n) is 3.91. The molecule has 1 aromatic heterocycles. The summed E-state index contributed by atoms with van der Waals surface area (Å²) in [5, 5.41) is 5.50. The van der Waals surface area contributed by atoms with Crippen LogP contribution in [0.3, 0.4) is 0 Å². The standard InChI is InChI=1S/C20H21N3O4S2/c1-3-27-17-8-6-16(7-9-17)23-29(25,26)18-10-4-15(5-11-18)20(24)21-12-19-22-14(2)13-28-19/h4-11,13,23H,3,12H2,1-2H3,(H,21,24). The summed E-state index contributed by atoms with van der Waals surface area (Å²) in [6.07, 6.45) is 0. The van der Waals surface area contributed by atoms with Crippen LogP contribution in [0.1, 0.15) is 28.0 Å². The molecular weight excluding hydrogens is 410 g/mol. The van der Waals surface area contributed by atoms with Gasteiger partial charge in [0.2, 0.25) is 0 Å². The summed E-state index contributed by atoms with van der Waals surface area (Å²) in [6.45, 7) is 4.63. The lowest BCUT2D eigenvalue weighted by Crippen LogP contribution is -2.22. The monoisotopic (exact) mass is 431 g/mol. The summed E-state index contributed by atoms with van der Waals surface area (Å²) in [7, 11) is -3.76. The zero-order chi connectivity index (χ0) is 20.9. The third kappa shape index (κ3) is 5.55. The zero-order valence-electron chi connectivity index (χ0n) is 16.0. The number of carbonyl (C=O) groups excluding carboxylic acids is 1. The van der Waals surface area contributed by atoms with Crippen molar-refractivity contribution in [3.8, 4) is 5.75 Å². The normalized spacial score (nSPS) is 11.1. The van der Waals surface area contributed by atoms with E-state index in [9.17, 15) is 13.2 Å². The molecule has 2 N–H and O–H groups in total. The Bertz CT molecular complexity index is 1080. The Morgan fingerprint density at radius 1 is 1.10 bits per heavy atom. The van der Waals surface area contributed by atoms with Gasteiger partial charge in [-0.3, -0.25) is 9.52 Å². The number of rotatable bonds is 8. The number of aromatic nitrogens is 1. The molecule has 0 spiro atoms. The van der Waals surface area contributed by atoms with Crippen molar-refractivity contribution in [3.63, 3.8) is 0 Å². The number of carbonyl (C=O) groups is 1. The fourth-order valence-corrected chi connectivity index (χ4v) is 4.30. The molecule has 9 heteroatoms. The molecule has 0 aliphatic rings. The topological polar surface area (TPSA) is 97.4 Å². The lowest BCUT2D eigenvalue weighted by Gasteiger charge is -2.10. The Morgan fingerprint density at radius 2 is 1.79 bits per heavy atom. The summed E-state index contributed by atoms with van der Waals surface area (Å²) < 4.78 is 33.0. The van der Waals surface area contributed by atoms with Gasteiger partial charge in [-0.05, 0) is 62.4 Å². The second-order valence-corrected chi connectivity index (χ2v) is 8.78. The van der Waals surface area contributed by atoms with Crippen LogP contribution in [-0.2, 0) is 16.6 Å². The smallest absolute Gasteiger partial charge is 0.261 e. The van der Waals surface area contributed by atoms with Crippen molar-refractivity contribution in [3.05, 3.63) is 70.2 Å². The summed E-state index contributed by atoms with van der Waals surface area (Å²) in [4.78, 5) is 16.6. The number of hydrogen-bond acceptors (Lipinski definition) is 6. The molecule has 0 aliphatic heterocycles. The molecule has 0 saturated carbocycles. The molecule has 3 rings (SSSR count). The van der Waals surface area contributed by atoms with Crippen LogP contribution in [0.5, 0.6) is 5.75 Å². The third-order valence-corrected chi connectivity index (χ3v) is 6.27. The molecule has 0 atom stereocenters. The fourth-order valence-electron chi connectivity index (χ4n) is 2.53. The van der Waals surface area contributed by atoms with Crippen molar-refractivity contribution in [1.82, 2.24) is 10.3 Å². The molecule has 0 bridgehead atoms. The Morgan fingerprint density at radius 3 is 2.38 bits per heavy atom. The van der Waals surface area contributed by atoms with Crippen molar-refractivity contribution >= 4 is 33.0 Å². The molecule has 0 radical (unpaired) electrons. The first kappa shape index (κ1) is 20.8. The first-order chi connectivity index (χ1) is 13.9. The highest BCUT2D eigenvalue weighted by Gasteiger charge is 2.15. The minimum absolute atomic E-state index is 0.0680. The van der Waals surface area contributed by atoms with Crippen LogP contribution < -0.4 is 14.8 Å². The van der Waals surface area contributed by atoms with Crippen molar-refractivity contribution in [2.75, 3.05) is 11.3 Å². The number of ether oxygens (including phenoxy) is 1. The van der Waals surface area contributed by atoms with Crippen LogP contribution in [-0.4, -0.2) is 25.9 Å². The number of benzene rings is 2. The highest BCUT2D eigenvalue weighted by atomic mass is 32.2. The summed E-state index contributed by atoms with van der Waals surface area (Å²) in [5.41, 5.74) is 1.71. The molecule has 0 aliphatic carbocycles. The van der Waals surface area contributed by atoms with Crippen LogP contribution in [0.2, 0.25) is 0 Å². The fraction of sp³-hybridized carbons (Fsp3) is 0.200. The van der Waals surface area contributed by atoms with Crippen molar-refractivity contribution < 1.29 is 17.9 Å². The number of nitrogens with zero attached hydrogens (tertiary/aromatic N) is 1. The predicted octanol–water partition coefficient (Wildman–Crippen LogP) is 3.58. The van der Waals surface area contributed by atoms with Crippen molar-refractivity contribution in [2.24, 2.45) is 0 Å². The van der Waals surface area contributed by atoms with Gasteiger partial charge in [-0.1, -0.05) is 0 Å². The summed E-state index contributed by atoms with van der Waals surface area (Å²) in [5.74, 6) is 0.375. The molecule has 0 saturated heterocycles. The van der Waals surface area contributed by atoms with Gasteiger partial charge in [0, 0.05) is 22.3 Å². The van der Waals surface area contributed by atoms with Gasteiger partial charge in [0.05, 0.1) is 18.0 Å². The van der Waals surface area contributed by atoms with Gasteiger partial charge in [0.25, 0.3) is 15.9 Å². The van der Waals surface area contributed by atoms with Gasteiger partial charge >= 0.3 is 0 Å². The molecule has 1 amide bonds. The predicted molar refractivity (Wildman–Crippen MR) is 113 cm³/mol. The first-order valence-corrected chi connectivity index (χ1v) is 11.3. The molecule has 0 fully saturated rings. The number of thiazole rings is 1. The van der Waals surface area contributed by atoms with E-state index in [0.717, 1.165) is 10.7 Å². The Kier molecular flexibility index (Phi) is 6.50. The lowest BCUT2D eigenvalue weighted by atomic mass is 10.2.